The maximum Gasteiger partial charge on any atom is 0.161 e. The Morgan fingerprint density at radius 2 is 1.77 bits per heavy atom. The molecule has 6 heteroatoms. The molecule has 0 spiro atoms. The number of aliphatic hydroxyl groups excluding tert-OH is 2. The van der Waals surface area contributed by atoms with E-state index in [4.69, 9.17) is 9.47 Å². The van der Waals surface area contributed by atoms with E-state index in [2.05, 4.69) is 11.8 Å². The molecule has 2 rings (SSSR count). The van der Waals surface area contributed by atoms with E-state index in [-0.39, 0.29) is 37.6 Å². The quantitative estimate of drug-likeness (QED) is 0.830. The summed E-state index contributed by atoms with van der Waals surface area (Å²) >= 11 is 0. The summed E-state index contributed by atoms with van der Waals surface area (Å²) in [5, 5.41) is 19.2. The highest BCUT2D eigenvalue weighted by atomic mass is 35.5. The summed E-state index contributed by atoms with van der Waals surface area (Å²) in [7, 11) is 3.25. The van der Waals surface area contributed by atoms with Crippen molar-refractivity contribution in [1.29, 1.82) is 0 Å². The van der Waals surface area contributed by atoms with Crippen molar-refractivity contribution in [3.63, 3.8) is 0 Å². The largest absolute Gasteiger partial charge is 0.493 e. The third kappa shape index (κ3) is 3.49. The Morgan fingerprint density at radius 1 is 1.18 bits per heavy atom. The molecule has 0 saturated heterocycles. The van der Waals surface area contributed by atoms with Gasteiger partial charge in [-0.2, -0.15) is 0 Å². The van der Waals surface area contributed by atoms with Crippen molar-refractivity contribution in [2.45, 2.75) is 19.4 Å². The first-order valence-corrected chi connectivity index (χ1v) is 7.40. The number of likely N-dealkylation sites (N-methyl/N-ethyl adjacent to an activating group) is 1. The molecule has 1 aromatic rings. The number of ether oxygens (including phenoxy) is 2. The normalized spacial score (nSPS) is 17.8. The Balaban J connectivity index is 0.00000242. The number of nitrogens with zero attached hydrogens (tertiary/aromatic N) is 1. The highest BCUT2D eigenvalue weighted by Crippen LogP contribution is 2.40. The maximum atomic E-state index is 9.60. The highest BCUT2D eigenvalue weighted by Gasteiger charge is 2.33. The first-order chi connectivity index (χ1) is 10.2. The van der Waals surface area contributed by atoms with Gasteiger partial charge in [-0.05, 0) is 36.2 Å². The molecule has 2 N–H and O–H groups in total. The van der Waals surface area contributed by atoms with Crippen molar-refractivity contribution in [2.75, 3.05) is 40.5 Å². The van der Waals surface area contributed by atoms with Crippen molar-refractivity contribution in [1.82, 2.24) is 4.90 Å². The molecule has 5 nitrogen and oxygen atoms in total. The lowest BCUT2D eigenvalue weighted by Gasteiger charge is -2.40. The number of benzene rings is 1. The van der Waals surface area contributed by atoms with E-state index in [0.717, 1.165) is 30.8 Å². The van der Waals surface area contributed by atoms with Crippen LogP contribution in [0.25, 0.3) is 0 Å². The van der Waals surface area contributed by atoms with Gasteiger partial charge in [0.15, 0.2) is 11.5 Å². The van der Waals surface area contributed by atoms with Crippen LogP contribution < -0.4 is 9.47 Å². The van der Waals surface area contributed by atoms with E-state index in [1.54, 1.807) is 14.2 Å². The molecular formula is C16H26ClNO4. The van der Waals surface area contributed by atoms with Crippen LogP contribution in [0.5, 0.6) is 11.5 Å². The van der Waals surface area contributed by atoms with Crippen LogP contribution in [0.2, 0.25) is 0 Å². The maximum absolute atomic E-state index is 9.60. The highest BCUT2D eigenvalue weighted by molar-refractivity contribution is 5.85. The molecule has 0 fully saturated rings. The number of rotatable bonds is 6. The summed E-state index contributed by atoms with van der Waals surface area (Å²) in [6.07, 6.45) is 0.934. The summed E-state index contributed by atoms with van der Waals surface area (Å²) in [4.78, 5) is 2.30. The molecular weight excluding hydrogens is 306 g/mol. The second-order valence-electron chi connectivity index (χ2n) is 5.35. The number of fused-ring (bicyclic) bond motifs is 1. The zero-order chi connectivity index (χ0) is 15.4. The average Bonchev–Trinajstić information content (AvgIpc) is 2.54. The summed E-state index contributed by atoms with van der Waals surface area (Å²) < 4.78 is 10.8. The second kappa shape index (κ2) is 8.58. The van der Waals surface area contributed by atoms with Gasteiger partial charge >= 0.3 is 0 Å². The van der Waals surface area contributed by atoms with Crippen molar-refractivity contribution in [3.8, 4) is 11.5 Å². The standard InChI is InChI=1S/C16H25NO4.ClH/c1-4-17-6-5-11-7-14(20-2)15(21-3)8-13(11)16(17)12(9-18)10-19;/h7-8,12,16,18-19H,4-6,9-10H2,1-3H3;1H. The smallest absolute Gasteiger partial charge is 0.161 e. The summed E-state index contributed by atoms with van der Waals surface area (Å²) in [6.45, 7) is 3.83. The fourth-order valence-corrected chi connectivity index (χ4v) is 3.19. The molecule has 1 aromatic carbocycles. The summed E-state index contributed by atoms with van der Waals surface area (Å²) in [6, 6.07) is 4.01. The van der Waals surface area contributed by atoms with E-state index in [9.17, 15) is 10.2 Å². The molecule has 126 valence electrons. The molecule has 0 saturated carbocycles. The number of aliphatic hydroxyl groups is 2. The van der Waals surface area contributed by atoms with Gasteiger partial charge in [0.25, 0.3) is 0 Å². The van der Waals surface area contributed by atoms with Gasteiger partial charge in [-0.25, -0.2) is 0 Å². The molecule has 1 atom stereocenters. The van der Waals surface area contributed by atoms with Crippen LogP contribution in [0.15, 0.2) is 12.1 Å². The van der Waals surface area contributed by atoms with E-state index >= 15 is 0 Å². The van der Waals surface area contributed by atoms with E-state index in [1.807, 2.05) is 12.1 Å². The van der Waals surface area contributed by atoms with Crippen LogP contribution >= 0.6 is 12.4 Å². The van der Waals surface area contributed by atoms with E-state index < -0.39 is 0 Å². The molecule has 0 aliphatic carbocycles. The SMILES string of the molecule is CCN1CCc2cc(OC)c(OC)cc2C1C(CO)CO.Cl. The monoisotopic (exact) mass is 331 g/mol. The van der Waals surface area contributed by atoms with Gasteiger partial charge in [-0.1, -0.05) is 6.92 Å². The predicted octanol–water partition coefficient (Wildman–Crippen LogP) is 1.65. The number of hydrogen-bond donors (Lipinski definition) is 2. The topological polar surface area (TPSA) is 62.2 Å². The molecule has 0 radical (unpaired) electrons. The van der Waals surface area contributed by atoms with Crippen LogP contribution in [0.1, 0.15) is 24.1 Å². The minimum Gasteiger partial charge on any atom is -0.493 e. The van der Waals surface area contributed by atoms with E-state index in [1.165, 1.54) is 5.56 Å². The Labute approximate surface area is 138 Å². The zero-order valence-electron chi connectivity index (χ0n) is 13.4. The predicted molar refractivity (Wildman–Crippen MR) is 88.1 cm³/mol. The van der Waals surface area contributed by atoms with Crippen LogP contribution in [-0.4, -0.2) is 55.6 Å². The van der Waals surface area contributed by atoms with Gasteiger partial charge in [-0.3, -0.25) is 4.90 Å². The van der Waals surface area contributed by atoms with Gasteiger partial charge in [0.05, 0.1) is 14.2 Å². The van der Waals surface area contributed by atoms with Crippen LogP contribution in [-0.2, 0) is 6.42 Å². The van der Waals surface area contributed by atoms with Gasteiger partial charge in [0.2, 0.25) is 0 Å². The Morgan fingerprint density at radius 3 is 2.27 bits per heavy atom. The molecule has 1 aliphatic rings. The second-order valence-corrected chi connectivity index (χ2v) is 5.35. The molecule has 0 aromatic heterocycles. The lowest BCUT2D eigenvalue weighted by atomic mass is 9.85. The van der Waals surface area contributed by atoms with Crippen molar-refractivity contribution in [3.05, 3.63) is 23.3 Å². The van der Waals surface area contributed by atoms with Gasteiger partial charge in [-0.15, -0.1) is 12.4 Å². The molecule has 22 heavy (non-hydrogen) atoms. The minimum atomic E-state index is -0.192. The van der Waals surface area contributed by atoms with Crippen molar-refractivity contribution < 1.29 is 19.7 Å². The van der Waals surface area contributed by atoms with Crippen LogP contribution in [0.3, 0.4) is 0 Å². The number of halogens is 1. The molecule has 0 bridgehead atoms. The van der Waals surface area contributed by atoms with Crippen molar-refractivity contribution in [2.24, 2.45) is 5.92 Å². The third-order valence-corrected chi connectivity index (χ3v) is 4.35. The van der Waals surface area contributed by atoms with Gasteiger partial charge < -0.3 is 19.7 Å². The Kier molecular flexibility index (Phi) is 7.42. The minimum absolute atomic E-state index is 0. The van der Waals surface area contributed by atoms with Crippen LogP contribution in [0, 0.1) is 5.92 Å². The Bertz CT molecular complexity index is 479. The van der Waals surface area contributed by atoms with Crippen molar-refractivity contribution >= 4 is 12.4 Å². The third-order valence-electron chi connectivity index (χ3n) is 4.35. The molecule has 0 amide bonds. The lowest BCUT2D eigenvalue weighted by Crippen LogP contribution is -2.41. The zero-order valence-corrected chi connectivity index (χ0v) is 14.2. The molecule has 1 aliphatic heterocycles. The number of hydrogen-bond acceptors (Lipinski definition) is 5. The fourth-order valence-electron chi connectivity index (χ4n) is 3.19. The van der Waals surface area contributed by atoms with Gasteiger partial charge in [0, 0.05) is 31.7 Å². The number of methoxy groups -OCH3 is 2. The molecule has 1 heterocycles. The molecule has 1 unspecified atom stereocenters. The van der Waals surface area contributed by atoms with Gasteiger partial charge in [0.1, 0.15) is 0 Å². The first kappa shape index (κ1) is 19.0. The lowest BCUT2D eigenvalue weighted by molar-refractivity contribution is 0.0535. The van der Waals surface area contributed by atoms with Crippen LogP contribution in [0.4, 0.5) is 0 Å². The van der Waals surface area contributed by atoms with E-state index in [0.29, 0.717) is 5.75 Å². The first-order valence-electron chi connectivity index (χ1n) is 7.40. The summed E-state index contributed by atoms with van der Waals surface area (Å²) in [5.74, 6) is 1.22. The summed E-state index contributed by atoms with van der Waals surface area (Å²) in [5.41, 5.74) is 2.32. The Hall–Kier alpha value is -1.01. The fraction of sp³-hybridized carbons (Fsp3) is 0.625. The average molecular weight is 332 g/mol.